The number of piperidine rings is 1. The van der Waals surface area contributed by atoms with E-state index in [2.05, 4.69) is 14.9 Å². The lowest BCUT2D eigenvalue weighted by Gasteiger charge is -2.38. The minimum atomic E-state index is -0.677. The van der Waals surface area contributed by atoms with Gasteiger partial charge in [-0.05, 0) is 25.3 Å². The molecule has 1 aliphatic heterocycles. The Morgan fingerprint density at radius 3 is 2.71 bits per heavy atom. The number of para-hydroxylation sites is 1. The average molecular weight is 285 g/mol. The third-order valence-electron chi connectivity index (χ3n) is 4.61. The molecule has 2 aromatic rings. The van der Waals surface area contributed by atoms with Crippen molar-refractivity contribution in [2.24, 2.45) is 5.41 Å². The number of aromatic nitrogens is 2. The van der Waals surface area contributed by atoms with Gasteiger partial charge in [0.2, 0.25) is 5.95 Å². The molecule has 1 fully saturated rings. The number of hydrogen-bond donors (Lipinski definition) is 1. The molecule has 110 valence electrons. The van der Waals surface area contributed by atoms with Crippen LogP contribution in [0.25, 0.3) is 10.9 Å². The summed E-state index contributed by atoms with van der Waals surface area (Å²) in [6.45, 7) is 3.34. The van der Waals surface area contributed by atoms with Crippen LogP contribution in [0.4, 0.5) is 5.95 Å². The highest BCUT2D eigenvalue weighted by Crippen LogP contribution is 2.36. The normalized spacial score (nSPS) is 17.9. The van der Waals surface area contributed by atoms with E-state index in [-0.39, 0.29) is 0 Å². The van der Waals surface area contributed by atoms with E-state index in [1.807, 2.05) is 37.4 Å². The number of rotatable bonds is 3. The van der Waals surface area contributed by atoms with Crippen molar-refractivity contribution >= 4 is 22.8 Å². The Kier molecular flexibility index (Phi) is 3.49. The van der Waals surface area contributed by atoms with Crippen LogP contribution in [0, 0.1) is 5.41 Å². The molecule has 1 aliphatic rings. The van der Waals surface area contributed by atoms with Crippen LogP contribution in [0.15, 0.2) is 30.5 Å². The van der Waals surface area contributed by atoms with E-state index < -0.39 is 11.4 Å². The number of anilines is 1. The van der Waals surface area contributed by atoms with E-state index in [4.69, 9.17) is 0 Å². The van der Waals surface area contributed by atoms with Gasteiger partial charge in [0.1, 0.15) is 0 Å². The van der Waals surface area contributed by atoms with E-state index in [0.717, 1.165) is 10.9 Å². The van der Waals surface area contributed by atoms with Crippen molar-refractivity contribution in [2.45, 2.75) is 26.2 Å². The number of hydrogen-bond acceptors (Lipinski definition) is 4. The maximum absolute atomic E-state index is 11.5. The minimum absolute atomic E-state index is 0.576. The molecule has 3 rings (SSSR count). The monoisotopic (exact) mass is 285 g/mol. The van der Waals surface area contributed by atoms with Gasteiger partial charge >= 0.3 is 5.97 Å². The molecular weight excluding hydrogens is 266 g/mol. The lowest BCUT2D eigenvalue weighted by atomic mass is 9.76. The number of benzene rings is 1. The van der Waals surface area contributed by atoms with Crippen molar-refractivity contribution in [1.82, 2.24) is 9.97 Å². The first-order valence-electron chi connectivity index (χ1n) is 7.35. The van der Waals surface area contributed by atoms with E-state index in [1.165, 1.54) is 0 Å². The molecule has 2 heterocycles. The third kappa shape index (κ3) is 2.44. The quantitative estimate of drug-likeness (QED) is 0.939. The summed E-state index contributed by atoms with van der Waals surface area (Å²) in [5, 5.41) is 10.5. The highest BCUT2D eigenvalue weighted by molar-refractivity contribution is 5.78. The number of nitrogens with zero attached hydrogens (tertiary/aromatic N) is 3. The standard InChI is InChI=1S/C16H19N3O2/c1-2-16(14(20)21)7-9-19(10-8-16)15-17-11-12-5-3-4-6-13(12)18-15/h3-6,11H,2,7-10H2,1H3,(H,20,21). The van der Waals surface area contributed by atoms with E-state index in [1.54, 1.807) is 0 Å². The lowest BCUT2D eigenvalue weighted by Crippen LogP contribution is -2.44. The summed E-state index contributed by atoms with van der Waals surface area (Å²) in [5.41, 5.74) is 0.348. The summed E-state index contributed by atoms with van der Waals surface area (Å²) < 4.78 is 0. The molecule has 0 aliphatic carbocycles. The summed E-state index contributed by atoms with van der Waals surface area (Å²) in [5.74, 6) is 0.0212. The molecule has 0 bridgehead atoms. The molecule has 21 heavy (non-hydrogen) atoms. The van der Waals surface area contributed by atoms with Gasteiger partial charge in [-0.15, -0.1) is 0 Å². The first-order valence-corrected chi connectivity index (χ1v) is 7.35. The first-order chi connectivity index (χ1) is 10.1. The Balaban J connectivity index is 1.81. The molecule has 0 saturated carbocycles. The van der Waals surface area contributed by atoms with Gasteiger partial charge < -0.3 is 10.0 Å². The molecule has 5 heteroatoms. The topological polar surface area (TPSA) is 66.3 Å². The molecule has 0 atom stereocenters. The van der Waals surface area contributed by atoms with E-state index in [9.17, 15) is 9.90 Å². The van der Waals surface area contributed by atoms with Gasteiger partial charge in [0.05, 0.1) is 10.9 Å². The number of aliphatic carboxylic acids is 1. The predicted molar refractivity (Wildman–Crippen MR) is 81.3 cm³/mol. The zero-order chi connectivity index (χ0) is 14.9. The minimum Gasteiger partial charge on any atom is -0.481 e. The fourth-order valence-corrected chi connectivity index (χ4v) is 2.97. The number of carbonyl (C=O) groups is 1. The van der Waals surface area contributed by atoms with Crippen molar-refractivity contribution in [1.29, 1.82) is 0 Å². The molecule has 1 saturated heterocycles. The number of fused-ring (bicyclic) bond motifs is 1. The van der Waals surface area contributed by atoms with Gasteiger partial charge in [0.25, 0.3) is 0 Å². The molecule has 1 aromatic carbocycles. The van der Waals surface area contributed by atoms with Crippen LogP contribution < -0.4 is 4.90 Å². The third-order valence-corrected chi connectivity index (χ3v) is 4.61. The summed E-state index contributed by atoms with van der Waals surface area (Å²) in [6.07, 6.45) is 3.80. The highest BCUT2D eigenvalue weighted by Gasteiger charge is 2.40. The molecule has 0 radical (unpaired) electrons. The van der Waals surface area contributed by atoms with Crippen molar-refractivity contribution in [3.63, 3.8) is 0 Å². The maximum atomic E-state index is 11.5. The second-order valence-electron chi connectivity index (χ2n) is 5.65. The van der Waals surface area contributed by atoms with Gasteiger partial charge in [-0.1, -0.05) is 25.1 Å². The molecule has 1 aromatic heterocycles. The van der Waals surface area contributed by atoms with Crippen molar-refractivity contribution in [3.05, 3.63) is 30.5 Å². The molecule has 5 nitrogen and oxygen atoms in total. The van der Waals surface area contributed by atoms with Crippen LogP contribution in [0.5, 0.6) is 0 Å². The van der Waals surface area contributed by atoms with Crippen molar-refractivity contribution < 1.29 is 9.90 Å². The van der Waals surface area contributed by atoms with Crippen molar-refractivity contribution in [2.75, 3.05) is 18.0 Å². The zero-order valence-electron chi connectivity index (χ0n) is 12.1. The first kappa shape index (κ1) is 13.8. The second kappa shape index (κ2) is 5.31. The van der Waals surface area contributed by atoms with E-state index in [0.29, 0.717) is 38.3 Å². The number of carboxylic acid groups (broad SMARTS) is 1. The van der Waals surface area contributed by atoms with Crippen LogP contribution in [0.1, 0.15) is 26.2 Å². The Hall–Kier alpha value is -2.17. The molecule has 1 N–H and O–H groups in total. The molecule has 0 unspecified atom stereocenters. The number of carboxylic acids is 1. The molecule has 0 amide bonds. The van der Waals surface area contributed by atoms with Crippen LogP contribution >= 0.6 is 0 Å². The largest absolute Gasteiger partial charge is 0.481 e. The highest BCUT2D eigenvalue weighted by atomic mass is 16.4. The van der Waals surface area contributed by atoms with Crippen LogP contribution in [-0.4, -0.2) is 34.1 Å². The summed E-state index contributed by atoms with van der Waals surface area (Å²) in [4.78, 5) is 22.6. The predicted octanol–water partition coefficient (Wildman–Crippen LogP) is 2.71. The lowest BCUT2D eigenvalue weighted by molar-refractivity contribution is -0.150. The van der Waals surface area contributed by atoms with Gasteiger partial charge in [-0.25, -0.2) is 9.97 Å². The summed E-state index contributed by atoms with van der Waals surface area (Å²) in [7, 11) is 0. The van der Waals surface area contributed by atoms with Crippen LogP contribution in [0.3, 0.4) is 0 Å². The maximum Gasteiger partial charge on any atom is 0.309 e. The Morgan fingerprint density at radius 1 is 1.33 bits per heavy atom. The Labute approximate surface area is 123 Å². The van der Waals surface area contributed by atoms with Crippen LogP contribution in [-0.2, 0) is 4.79 Å². The van der Waals surface area contributed by atoms with Gasteiger partial charge in [0.15, 0.2) is 0 Å². The SMILES string of the molecule is CCC1(C(=O)O)CCN(c2ncc3ccccc3n2)CC1. The molecule has 0 spiro atoms. The van der Waals surface area contributed by atoms with Gasteiger partial charge in [-0.2, -0.15) is 0 Å². The van der Waals surface area contributed by atoms with E-state index >= 15 is 0 Å². The van der Waals surface area contributed by atoms with Crippen molar-refractivity contribution in [3.8, 4) is 0 Å². The van der Waals surface area contributed by atoms with Crippen LogP contribution in [0.2, 0.25) is 0 Å². The fraction of sp³-hybridized carbons (Fsp3) is 0.438. The Morgan fingerprint density at radius 2 is 2.05 bits per heavy atom. The summed E-state index contributed by atoms with van der Waals surface area (Å²) >= 11 is 0. The summed E-state index contributed by atoms with van der Waals surface area (Å²) in [6, 6.07) is 7.89. The second-order valence-corrected chi connectivity index (χ2v) is 5.65. The smallest absolute Gasteiger partial charge is 0.309 e. The Bertz CT molecular complexity index is 663. The zero-order valence-corrected chi connectivity index (χ0v) is 12.1. The van der Waals surface area contributed by atoms with Gasteiger partial charge in [-0.3, -0.25) is 4.79 Å². The van der Waals surface area contributed by atoms with Gasteiger partial charge in [0, 0.05) is 24.7 Å². The average Bonchev–Trinajstić information content (AvgIpc) is 2.54. The fourth-order valence-electron chi connectivity index (χ4n) is 2.97. The molecular formula is C16H19N3O2.